The van der Waals surface area contributed by atoms with Gasteiger partial charge in [-0.1, -0.05) is 11.6 Å². The molecular weight excluding hydrogens is 244 g/mol. The van der Waals surface area contributed by atoms with Gasteiger partial charge in [-0.05, 0) is 73.9 Å². The van der Waals surface area contributed by atoms with E-state index in [1.54, 1.807) is 0 Å². The predicted octanol–water partition coefficient (Wildman–Crippen LogP) is 3.17. The largest absolute Gasteiger partial charge is 0.317 e. The number of hydrogen-bond acceptors (Lipinski definition) is 2. The van der Waals surface area contributed by atoms with Crippen LogP contribution in [0.25, 0.3) is 0 Å². The molecule has 1 aliphatic carbocycles. The predicted molar refractivity (Wildman–Crippen MR) is 72.9 cm³/mol. The first-order chi connectivity index (χ1) is 8.75. The number of nitrogens with zero attached hydrogens (tertiary/aromatic N) is 1. The van der Waals surface area contributed by atoms with E-state index in [2.05, 4.69) is 11.4 Å². The second-order valence-corrected chi connectivity index (χ2v) is 5.90. The Labute approximate surface area is 113 Å². The number of benzene rings is 1. The summed E-state index contributed by atoms with van der Waals surface area (Å²) in [5.74, 6) is 0. The van der Waals surface area contributed by atoms with E-state index in [1.165, 1.54) is 36.8 Å². The van der Waals surface area contributed by atoms with Crippen molar-refractivity contribution in [3.8, 4) is 6.07 Å². The lowest BCUT2D eigenvalue weighted by Gasteiger charge is -2.43. The molecule has 1 spiro atoms. The maximum atomic E-state index is 9.05. The van der Waals surface area contributed by atoms with Gasteiger partial charge in [0.1, 0.15) is 0 Å². The van der Waals surface area contributed by atoms with Crippen LogP contribution in [0.4, 0.5) is 0 Å². The lowest BCUT2D eigenvalue weighted by atomic mass is 9.65. The molecule has 1 aromatic carbocycles. The van der Waals surface area contributed by atoms with Crippen molar-refractivity contribution in [1.29, 1.82) is 5.26 Å². The molecule has 3 heteroatoms. The average Bonchev–Trinajstić information content (AvgIpc) is 2.39. The molecule has 0 radical (unpaired) electrons. The molecule has 1 aliphatic heterocycles. The van der Waals surface area contributed by atoms with Crippen LogP contribution >= 0.6 is 11.6 Å². The quantitative estimate of drug-likeness (QED) is 0.778. The van der Waals surface area contributed by atoms with Crippen LogP contribution in [0.2, 0.25) is 5.02 Å². The van der Waals surface area contributed by atoms with Crippen LogP contribution in [0.15, 0.2) is 12.1 Å². The second kappa shape index (κ2) is 4.57. The maximum Gasteiger partial charge on any atom is 0.0992 e. The van der Waals surface area contributed by atoms with Crippen LogP contribution in [0, 0.1) is 11.3 Å². The zero-order valence-electron chi connectivity index (χ0n) is 10.4. The Balaban J connectivity index is 2.13. The van der Waals surface area contributed by atoms with Crippen molar-refractivity contribution in [2.24, 2.45) is 0 Å². The van der Waals surface area contributed by atoms with Gasteiger partial charge in [0.2, 0.25) is 0 Å². The van der Waals surface area contributed by atoms with Gasteiger partial charge in [0.15, 0.2) is 0 Å². The molecule has 2 nitrogen and oxygen atoms in total. The number of aryl methyl sites for hydroxylation is 1. The van der Waals surface area contributed by atoms with Crippen LogP contribution in [0.3, 0.4) is 0 Å². The minimum atomic E-state index is 0.268. The molecule has 1 N–H and O–H groups in total. The molecule has 0 bridgehead atoms. The lowest BCUT2D eigenvalue weighted by molar-refractivity contribution is 0.268. The number of fused-ring (bicyclic) bond motifs is 2. The van der Waals surface area contributed by atoms with Crippen LogP contribution in [-0.4, -0.2) is 13.1 Å². The molecule has 18 heavy (non-hydrogen) atoms. The third kappa shape index (κ3) is 1.83. The smallest absolute Gasteiger partial charge is 0.0992 e. The van der Waals surface area contributed by atoms with Gasteiger partial charge in [-0.2, -0.15) is 5.26 Å². The second-order valence-electron chi connectivity index (χ2n) is 5.49. The van der Waals surface area contributed by atoms with Gasteiger partial charge in [-0.3, -0.25) is 0 Å². The third-order valence-electron chi connectivity index (χ3n) is 4.49. The van der Waals surface area contributed by atoms with Crippen LogP contribution in [0.1, 0.15) is 42.4 Å². The third-order valence-corrected chi connectivity index (χ3v) is 4.79. The van der Waals surface area contributed by atoms with Gasteiger partial charge in [-0.25, -0.2) is 0 Å². The minimum Gasteiger partial charge on any atom is -0.317 e. The van der Waals surface area contributed by atoms with Gasteiger partial charge in [-0.15, -0.1) is 0 Å². The summed E-state index contributed by atoms with van der Waals surface area (Å²) in [6, 6.07) is 6.10. The topological polar surface area (TPSA) is 35.8 Å². The Hall–Kier alpha value is -1.04. The van der Waals surface area contributed by atoms with Gasteiger partial charge in [0.05, 0.1) is 11.6 Å². The van der Waals surface area contributed by atoms with Gasteiger partial charge in [0.25, 0.3) is 0 Å². The molecule has 3 rings (SSSR count). The van der Waals surface area contributed by atoms with Crippen LogP contribution in [-0.2, 0) is 11.8 Å². The minimum absolute atomic E-state index is 0.268. The number of nitrogens with one attached hydrogen (secondary N) is 1. The summed E-state index contributed by atoms with van der Waals surface area (Å²) < 4.78 is 0. The van der Waals surface area contributed by atoms with E-state index in [-0.39, 0.29) is 5.41 Å². The first kappa shape index (κ1) is 12.0. The van der Waals surface area contributed by atoms with E-state index in [4.69, 9.17) is 16.9 Å². The molecule has 0 atom stereocenters. The van der Waals surface area contributed by atoms with Crippen molar-refractivity contribution in [1.82, 2.24) is 5.32 Å². The number of hydrogen-bond donors (Lipinski definition) is 1. The molecule has 1 heterocycles. The summed E-state index contributed by atoms with van der Waals surface area (Å²) in [5.41, 5.74) is 3.62. The number of nitriles is 1. The highest BCUT2D eigenvalue weighted by Gasteiger charge is 2.39. The zero-order chi connectivity index (χ0) is 12.6. The summed E-state index contributed by atoms with van der Waals surface area (Å²) in [7, 11) is 0. The lowest BCUT2D eigenvalue weighted by Crippen LogP contribution is -2.42. The summed E-state index contributed by atoms with van der Waals surface area (Å²) in [6.07, 6.45) is 5.88. The molecule has 1 fully saturated rings. The van der Waals surface area contributed by atoms with E-state index in [0.717, 1.165) is 24.5 Å². The Morgan fingerprint density at radius 3 is 2.72 bits per heavy atom. The van der Waals surface area contributed by atoms with Crippen molar-refractivity contribution in [2.75, 3.05) is 13.1 Å². The van der Waals surface area contributed by atoms with Crippen molar-refractivity contribution >= 4 is 11.6 Å². The van der Waals surface area contributed by atoms with E-state index < -0.39 is 0 Å². The fourth-order valence-corrected chi connectivity index (χ4v) is 4.11. The molecule has 0 unspecified atom stereocenters. The highest BCUT2D eigenvalue weighted by molar-refractivity contribution is 6.31. The summed E-state index contributed by atoms with van der Waals surface area (Å²) in [6.45, 7) is 2.16. The van der Waals surface area contributed by atoms with Gasteiger partial charge < -0.3 is 5.32 Å². The average molecular weight is 261 g/mol. The maximum absolute atomic E-state index is 9.05. The summed E-state index contributed by atoms with van der Waals surface area (Å²) >= 11 is 6.48. The number of piperidine rings is 1. The molecular formula is C15H17ClN2. The van der Waals surface area contributed by atoms with Crippen LogP contribution < -0.4 is 5.32 Å². The van der Waals surface area contributed by atoms with Crippen molar-refractivity contribution in [3.05, 3.63) is 33.8 Å². The van der Waals surface area contributed by atoms with Crippen molar-refractivity contribution in [2.45, 2.75) is 37.5 Å². The summed E-state index contributed by atoms with van der Waals surface area (Å²) in [4.78, 5) is 0. The van der Waals surface area contributed by atoms with E-state index in [9.17, 15) is 0 Å². The molecule has 2 aliphatic rings. The molecule has 0 saturated carbocycles. The first-order valence-electron chi connectivity index (χ1n) is 6.69. The normalized spacial score (nSPS) is 21.3. The zero-order valence-corrected chi connectivity index (χ0v) is 11.2. The molecule has 0 amide bonds. The van der Waals surface area contributed by atoms with Crippen LogP contribution in [0.5, 0.6) is 0 Å². The first-order valence-corrected chi connectivity index (χ1v) is 7.07. The highest BCUT2D eigenvalue weighted by Crippen LogP contribution is 2.46. The fraction of sp³-hybridized carbons (Fsp3) is 0.533. The van der Waals surface area contributed by atoms with Gasteiger partial charge in [0, 0.05) is 5.02 Å². The molecule has 0 aromatic heterocycles. The Morgan fingerprint density at radius 2 is 2.00 bits per heavy atom. The summed E-state index contributed by atoms with van der Waals surface area (Å²) in [5, 5.41) is 13.3. The Kier molecular flexibility index (Phi) is 3.05. The molecule has 1 aromatic rings. The monoisotopic (exact) mass is 260 g/mol. The Bertz CT molecular complexity index is 510. The van der Waals surface area contributed by atoms with Crippen molar-refractivity contribution < 1.29 is 0 Å². The standard InChI is InChI=1S/C15H17ClN2/c16-13-9-11(10-17)8-12-2-1-3-15(14(12)13)4-6-18-7-5-15/h8-9,18H,1-7H2. The van der Waals surface area contributed by atoms with E-state index in [1.807, 2.05) is 12.1 Å². The van der Waals surface area contributed by atoms with E-state index in [0.29, 0.717) is 5.56 Å². The molecule has 1 saturated heterocycles. The van der Waals surface area contributed by atoms with E-state index >= 15 is 0 Å². The fourth-order valence-electron chi connectivity index (χ4n) is 3.67. The van der Waals surface area contributed by atoms with Gasteiger partial charge >= 0.3 is 0 Å². The molecule has 94 valence electrons. The number of halogens is 1. The Morgan fingerprint density at radius 1 is 1.22 bits per heavy atom. The number of rotatable bonds is 0. The highest BCUT2D eigenvalue weighted by atomic mass is 35.5. The van der Waals surface area contributed by atoms with Crippen molar-refractivity contribution in [3.63, 3.8) is 0 Å². The SMILES string of the molecule is N#Cc1cc(Cl)c2c(c1)CCCC21CCNCC1.